The number of hydrogen-bond donors (Lipinski definition) is 1. The minimum atomic E-state index is -0.793. The fourth-order valence-corrected chi connectivity index (χ4v) is 6.58. The quantitative estimate of drug-likeness (QED) is 0.603. The van der Waals surface area contributed by atoms with Crippen molar-refractivity contribution >= 4 is 5.78 Å². The van der Waals surface area contributed by atoms with Crippen LogP contribution in [0.5, 0.6) is 0 Å². The number of carbonyl (C=O) groups is 1. The minimum Gasteiger partial charge on any atom is -0.386 e. The molecule has 3 aliphatic carbocycles. The number of rotatable bonds is 2. The van der Waals surface area contributed by atoms with Crippen molar-refractivity contribution in [2.75, 3.05) is 0 Å². The first kappa shape index (κ1) is 17.5. The highest BCUT2D eigenvalue weighted by atomic mass is 16.6. The fourth-order valence-electron chi connectivity index (χ4n) is 6.58. The van der Waals surface area contributed by atoms with E-state index in [2.05, 4.69) is 27.4 Å². The summed E-state index contributed by atoms with van der Waals surface area (Å²) in [7, 11) is 0. The molecule has 0 aromatic rings. The van der Waals surface area contributed by atoms with Crippen molar-refractivity contribution in [3.63, 3.8) is 0 Å². The van der Waals surface area contributed by atoms with Crippen LogP contribution in [0.15, 0.2) is 23.8 Å². The van der Waals surface area contributed by atoms with Gasteiger partial charge in [0.15, 0.2) is 11.4 Å². The summed E-state index contributed by atoms with van der Waals surface area (Å²) in [4.78, 5) is 12.7. The maximum atomic E-state index is 12.7. The van der Waals surface area contributed by atoms with E-state index in [1.165, 1.54) is 31.3 Å². The van der Waals surface area contributed by atoms with Crippen LogP contribution in [0.3, 0.4) is 0 Å². The van der Waals surface area contributed by atoms with E-state index >= 15 is 0 Å². The fraction of sp³-hybridized carbons (Fsp3) is 0.773. The number of ether oxygens (including phenoxy) is 1. The Bertz CT molecular complexity index is 660. The van der Waals surface area contributed by atoms with Crippen LogP contribution in [-0.2, 0) is 9.53 Å². The molecular weight excluding hydrogens is 312 g/mol. The van der Waals surface area contributed by atoms with Crippen LogP contribution < -0.4 is 0 Å². The number of carbonyl (C=O) groups excluding carboxylic acids is 1. The van der Waals surface area contributed by atoms with E-state index < -0.39 is 11.7 Å². The monoisotopic (exact) mass is 344 g/mol. The van der Waals surface area contributed by atoms with Crippen molar-refractivity contribution in [1.82, 2.24) is 0 Å². The van der Waals surface area contributed by atoms with Gasteiger partial charge in [0.2, 0.25) is 0 Å². The SMILES string of the molecule is C=C1CCC2C(C)(C)CCCC2(C)C1CC12OC1C(O)C(C)=CC2=O. The lowest BCUT2D eigenvalue weighted by molar-refractivity contribution is -0.122. The summed E-state index contributed by atoms with van der Waals surface area (Å²) in [5, 5.41) is 10.4. The molecule has 1 heterocycles. The van der Waals surface area contributed by atoms with E-state index in [9.17, 15) is 9.90 Å². The van der Waals surface area contributed by atoms with Crippen LogP contribution >= 0.6 is 0 Å². The molecule has 0 bridgehead atoms. The second-order valence-electron chi connectivity index (χ2n) is 9.98. The molecular formula is C22H32O3. The van der Waals surface area contributed by atoms with Gasteiger partial charge in [-0.25, -0.2) is 0 Å². The van der Waals surface area contributed by atoms with Gasteiger partial charge in [-0.1, -0.05) is 39.3 Å². The Labute approximate surface area is 151 Å². The van der Waals surface area contributed by atoms with Gasteiger partial charge in [-0.05, 0) is 73.3 Å². The van der Waals surface area contributed by atoms with Gasteiger partial charge in [0, 0.05) is 0 Å². The second-order valence-corrected chi connectivity index (χ2v) is 9.98. The molecule has 1 N–H and O–H groups in total. The average molecular weight is 344 g/mol. The third-order valence-electron chi connectivity index (χ3n) is 8.10. The Hall–Kier alpha value is -0.930. The highest BCUT2D eigenvalue weighted by Gasteiger charge is 2.68. The molecule has 6 unspecified atom stereocenters. The highest BCUT2D eigenvalue weighted by Crippen LogP contribution is 2.64. The van der Waals surface area contributed by atoms with Crippen molar-refractivity contribution < 1.29 is 14.6 Å². The molecule has 0 aromatic carbocycles. The molecule has 0 aromatic heterocycles. The molecule has 1 saturated heterocycles. The number of aliphatic hydroxyl groups is 1. The molecule has 6 atom stereocenters. The molecule has 0 radical (unpaired) electrons. The van der Waals surface area contributed by atoms with Gasteiger partial charge >= 0.3 is 0 Å². The predicted octanol–water partition coefficient (Wildman–Crippen LogP) is 4.20. The van der Waals surface area contributed by atoms with Crippen LogP contribution in [0.4, 0.5) is 0 Å². The van der Waals surface area contributed by atoms with E-state index in [-0.39, 0.29) is 17.3 Å². The molecule has 25 heavy (non-hydrogen) atoms. The molecule has 4 rings (SSSR count). The number of hydrogen-bond acceptors (Lipinski definition) is 3. The Morgan fingerprint density at radius 3 is 2.76 bits per heavy atom. The van der Waals surface area contributed by atoms with Gasteiger partial charge in [0.1, 0.15) is 12.2 Å². The summed E-state index contributed by atoms with van der Waals surface area (Å²) in [5.41, 5.74) is 1.75. The van der Waals surface area contributed by atoms with Crippen molar-refractivity contribution in [2.24, 2.45) is 22.7 Å². The molecule has 3 heteroatoms. The molecule has 0 amide bonds. The zero-order chi connectivity index (χ0) is 18.2. The van der Waals surface area contributed by atoms with Crippen LogP contribution in [0.2, 0.25) is 0 Å². The summed E-state index contributed by atoms with van der Waals surface area (Å²) in [6, 6.07) is 0. The van der Waals surface area contributed by atoms with Gasteiger partial charge < -0.3 is 9.84 Å². The van der Waals surface area contributed by atoms with Crippen LogP contribution in [0, 0.1) is 22.7 Å². The van der Waals surface area contributed by atoms with Crippen LogP contribution in [0.1, 0.15) is 66.2 Å². The molecule has 3 nitrogen and oxygen atoms in total. The second kappa shape index (κ2) is 5.29. The normalized spacial score (nSPS) is 48.4. The van der Waals surface area contributed by atoms with Gasteiger partial charge in [0.05, 0.1) is 0 Å². The topological polar surface area (TPSA) is 49.8 Å². The minimum absolute atomic E-state index is 0.0499. The standard InChI is InChI=1S/C22H32O3/c1-13-7-8-16-20(3,4)9-6-10-21(16,5)15(13)12-22-17(23)11-14(2)18(24)19(22)25-22/h11,15-16,18-19,24H,1,6-10,12H2,2-5H3. The Morgan fingerprint density at radius 2 is 2.04 bits per heavy atom. The Morgan fingerprint density at radius 1 is 1.32 bits per heavy atom. The summed E-state index contributed by atoms with van der Waals surface area (Å²) >= 11 is 0. The van der Waals surface area contributed by atoms with Crippen molar-refractivity contribution in [2.45, 2.75) is 84.0 Å². The van der Waals surface area contributed by atoms with Gasteiger partial charge in [0.25, 0.3) is 0 Å². The van der Waals surface area contributed by atoms with E-state index in [1.807, 2.05) is 6.92 Å². The third kappa shape index (κ3) is 2.35. The summed E-state index contributed by atoms with van der Waals surface area (Å²) in [6.45, 7) is 13.5. The summed E-state index contributed by atoms with van der Waals surface area (Å²) in [6.07, 6.45) is 7.32. The predicted molar refractivity (Wildman–Crippen MR) is 98.1 cm³/mol. The largest absolute Gasteiger partial charge is 0.386 e. The van der Waals surface area contributed by atoms with Crippen molar-refractivity contribution in [3.05, 3.63) is 23.8 Å². The van der Waals surface area contributed by atoms with E-state index in [4.69, 9.17) is 4.74 Å². The lowest BCUT2D eigenvalue weighted by Gasteiger charge is -2.58. The van der Waals surface area contributed by atoms with E-state index in [1.54, 1.807) is 6.08 Å². The lowest BCUT2D eigenvalue weighted by Crippen LogP contribution is -2.51. The first-order chi connectivity index (χ1) is 11.6. The molecule has 3 fully saturated rings. The number of aliphatic hydroxyl groups excluding tert-OH is 1. The smallest absolute Gasteiger partial charge is 0.190 e. The van der Waals surface area contributed by atoms with Gasteiger partial charge in [-0.15, -0.1) is 0 Å². The van der Waals surface area contributed by atoms with Gasteiger partial charge in [-0.3, -0.25) is 4.79 Å². The van der Waals surface area contributed by atoms with E-state index in [0.717, 1.165) is 12.0 Å². The maximum Gasteiger partial charge on any atom is 0.190 e. The van der Waals surface area contributed by atoms with Gasteiger partial charge in [-0.2, -0.15) is 0 Å². The number of fused-ring (bicyclic) bond motifs is 2. The Balaban J connectivity index is 1.66. The Kier molecular flexibility index (Phi) is 3.70. The van der Waals surface area contributed by atoms with Crippen LogP contribution in [-0.4, -0.2) is 28.7 Å². The molecule has 138 valence electrons. The molecule has 4 aliphatic rings. The first-order valence-corrected chi connectivity index (χ1v) is 9.88. The molecule has 1 aliphatic heterocycles. The zero-order valence-corrected chi connectivity index (χ0v) is 16.1. The third-order valence-corrected chi connectivity index (χ3v) is 8.10. The van der Waals surface area contributed by atoms with E-state index in [0.29, 0.717) is 23.7 Å². The summed E-state index contributed by atoms with van der Waals surface area (Å²) < 4.78 is 5.90. The maximum absolute atomic E-state index is 12.7. The van der Waals surface area contributed by atoms with Crippen molar-refractivity contribution in [1.29, 1.82) is 0 Å². The van der Waals surface area contributed by atoms with Crippen molar-refractivity contribution in [3.8, 4) is 0 Å². The lowest BCUT2D eigenvalue weighted by atomic mass is 9.46. The first-order valence-electron chi connectivity index (χ1n) is 9.88. The summed E-state index contributed by atoms with van der Waals surface area (Å²) in [5.74, 6) is 1.02. The zero-order valence-electron chi connectivity index (χ0n) is 16.1. The molecule has 2 saturated carbocycles. The number of epoxide rings is 1. The molecule has 0 spiro atoms. The highest BCUT2D eigenvalue weighted by molar-refractivity contribution is 6.01. The van der Waals surface area contributed by atoms with Crippen LogP contribution in [0.25, 0.3) is 0 Å². The average Bonchev–Trinajstić information content (AvgIpc) is 3.25. The number of allylic oxidation sites excluding steroid dienone is 1. The number of ketones is 1.